The molecule has 0 atom stereocenters. The van der Waals surface area contributed by atoms with E-state index in [0.717, 1.165) is 0 Å². The highest BCUT2D eigenvalue weighted by Crippen LogP contribution is 2.22. The zero-order valence-electron chi connectivity index (χ0n) is 8.45. The quantitative estimate of drug-likeness (QED) is 0.224. The first-order valence-corrected chi connectivity index (χ1v) is 4.11. The number of nitro benzene ring substituents is 1. The number of para-hydroxylation sites is 2. The van der Waals surface area contributed by atoms with Gasteiger partial charge < -0.3 is 21.3 Å². The fourth-order valence-electron chi connectivity index (χ4n) is 0.884. The minimum Gasteiger partial charge on any atom is -0.450 e. The van der Waals surface area contributed by atoms with E-state index in [-0.39, 0.29) is 17.3 Å². The van der Waals surface area contributed by atoms with Crippen LogP contribution in [0, 0.1) is 15.5 Å². The molecule has 0 unspecified atom stereocenters. The van der Waals surface area contributed by atoms with E-state index in [1.807, 2.05) is 0 Å². The molecule has 0 bridgehead atoms. The molecule has 0 heterocycles. The number of hydrogen-bond acceptors (Lipinski definition) is 4. The summed E-state index contributed by atoms with van der Waals surface area (Å²) < 4.78 is 0. The van der Waals surface area contributed by atoms with Gasteiger partial charge in [0, 0.05) is 6.07 Å². The molecule has 0 spiro atoms. The van der Waals surface area contributed by atoms with Crippen molar-refractivity contribution in [2.24, 2.45) is 5.73 Å². The van der Waals surface area contributed by atoms with Gasteiger partial charge in [-0.1, -0.05) is 12.1 Å². The molecule has 0 aliphatic rings. The number of nitro groups is 1. The second kappa shape index (κ2) is 6.61. The van der Waals surface area contributed by atoms with Crippen LogP contribution < -0.4 is 11.1 Å². The minimum absolute atomic E-state index is 0.0994. The summed E-state index contributed by atoms with van der Waals surface area (Å²) in [6.07, 6.45) is -1.83. The lowest BCUT2D eigenvalue weighted by Crippen LogP contribution is -2.20. The summed E-state index contributed by atoms with van der Waals surface area (Å²) in [6, 6.07) is 5.99. The third-order valence-corrected chi connectivity index (χ3v) is 1.37. The molecule has 0 saturated carbocycles. The summed E-state index contributed by atoms with van der Waals surface area (Å²) in [7, 11) is 0. The summed E-state index contributed by atoms with van der Waals surface area (Å²) in [5.41, 5.74) is 5.17. The highest BCUT2D eigenvalue weighted by Gasteiger charge is 2.11. The van der Waals surface area contributed by atoms with E-state index in [9.17, 15) is 10.1 Å². The SMILES string of the molecule is N=C(N)Nc1ccccc1[N+](=O)[O-].O=C(O)O. The molecule has 0 radical (unpaired) electrons. The lowest BCUT2D eigenvalue weighted by Gasteiger charge is -2.03. The normalized spacial score (nSPS) is 8.47. The summed E-state index contributed by atoms with van der Waals surface area (Å²) in [6.45, 7) is 0. The topological polar surface area (TPSA) is 163 Å². The van der Waals surface area contributed by atoms with Crippen LogP contribution in [0.2, 0.25) is 0 Å². The van der Waals surface area contributed by atoms with E-state index in [1.54, 1.807) is 12.1 Å². The van der Waals surface area contributed by atoms with Gasteiger partial charge in [0.2, 0.25) is 0 Å². The van der Waals surface area contributed by atoms with Gasteiger partial charge in [0.15, 0.2) is 5.96 Å². The largest absolute Gasteiger partial charge is 0.503 e. The number of benzene rings is 1. The first kappa shape index (κ1) is 14.2. The molecular weight excluding hydrogens is 232 g/mol. The Morgan fingerprint density at radius 3 is 2.29 bits per heavy atom. The number of rotatable bonds is 2. The maximum Gasteiger partial charge on any atom is 0.503 e. The van der Waals surface area contributed by atoms with Crippen LogP contribution in [0.5, 0.6) is 0 Å². The Balaban J connectivity index is 0.000000557. The molecule has 1 aromatic carbocycles. The third kappa shape index (κ3) is 6.28. The van der Waals surface area contributed by atoms with Gasteiger partial charge in [-0.3, -0.25) is 15.5 Å². The maximum atomic E-state index is 10.5. The highest BCUT2D eigenvalue weighted by molar-refractivity contribution is 5.92. The first-order valence-electron chi connectivity index (χ1n) is 4.11. The second-order valence-corrected chi connectivity index (χ2v) is 2.60. The summed E-state index contributed by atoms with van der Waals surface area (Å²) in [5, 5.41) is 33.7. The second-order valence-electron chi connectivity index (χ2n) is 2.60. The smallest absolute Gasteiger partial charge is 0.450 e. The van der Waals surface area contributed by atoms with Crippen molar-refractivity contribution in [1.29, 1.82) is 5.41 Å². The zero-order chi connectivity index (χ0) is 13.4. The zero-order valence-corrected chi connectivity index (χ0v) is 8.45. The molecule has 1 aromatic rings. The molecule has 6 N–H and O–H groups in total. The van der Waals surface area contributed by atoms with Gasteiger partial charge in [-0.2, -0.15) is 0 Å². The van der Waals surface area contributed by atoms with Crippen molar-refractivity contribution in [3.05, 3.63) is 34.4 Å². The van der Waals surface area contributed by atoms with Gasteiger partial charge in [-0.05, 0) is 6.07 Å². The first-order chi connectivity index (χ1) is 7.84. The molecular formula is C8H10N4O5. The number of carboxylic acid groups (broad SMARTS) is 2. The van der Waals surface area contributed by atoms with E-state index < -0.39 is 11.1 Å². The van der Waals surface area contributed by atoms with Crippen molar-refractivity contribution in [3.8, 4) is 0 Å². The Morgan fingerprint density at radius 1 is 1.41 bits per heavy atom. The van der Waals surface area contributed by atoms with Crippen LogP contribution in [-0.4, -0.2) is 27.3 Å². The predicted molar refractivity (Wildman–Crippen MR) is 59.3 cm³/mol. The molecule has 92 valence electrons. The van der Waals surface area contributed by atoms with Crippen LogP contribution in [0.15, 0.2) is 24.3 Å². The Morgan fingerprint density at radius 2 is 1.88 bits per heavy atom. The molecule has 0 amide bonds. The van der Waals surface area contributed by atoms with E-state index >= 15 is 0 Å². The number of nitrogens with one attached hydrogen (secondary N) is 2. The Kier molecular flexibility index (Phi) is 5.50. The van der Waals surface area contributed by atoms with Crippen molar-refractivity contribution in [1.82, 2.24) is 0 Å². The molecule has 9 heteroatoms. The fourth-order valence-corrected chi connectivity index (χ4v) is 0.884. The van der Waals surface area contributed by atoms with Gasteiger partial charge in [0.1, 0.15) is 5.69 Å². The van der Waals surface area contributed by atoms with Crippen LogP contribution in [-0.2, 0) is 0 Å². The minimum atomic E-state index is -1.83. The lowest BCUT2D eigenvalue weighted by atomic mass is 10.3. The van der Waals surface area contributed by atoms with Crippen molar-refractivity contribution in [3.63, 3.8) is 0 Å². The van der Waals surface area contributed by atoms with Crippen LogP contribution in [0.1, 0.15) is 0 Å². The standard InChI is InChI=1S/C7H8N4O2.CH2O3/c8-7(9)10-5-3-1-2-4-6(5)11(12)13;2-1(3)4/h1-4H,(H4,8,9,10);(H2,2,3,4). The van der Waals surface area contributed by atoms with Crippen molar-refractivity contribution in [2.45, 2.75) is 0 Å². The predicted octanol–water partition coefficient (Wildman–Crippen LogP) is 1.12. The van der Waals surface area contributed by atoms with Crippen molar-refractivity contribution >= 4 is 23.5 Å². The van der Waals surface area contributed by atoms with Gasteiger partial charge >= 0.3 is 6.16 Å². The number of nitrogens with two attached hydrogens (primary N) is 1. The summed E-state index contributed by atoms with van der Waals surface area (Å²) in [5.74, 6) is -0.325. The average Bonchev–Trinajstić information content (AvgIpc) is 2.16. The van der Waals surface area contributed by atoms with Crippen LogP contribution in [0.25, 0.3) is 0 Å². The molecule has 1 rings (SSSR count). The number of nitrogens with zero attached hydrogens (tertiary/aromatic N) is 1. The molecule has 0 saturated heterocycles. The van der Waals surface area contributed by atoms with Crippen molar-refractivity contribution < 1.29 is 19.9 Å². The average molecular weight is 242 g/mol. The number of anilines is 1. The highest BCUT2D eigenvalue weighted by atomic mass is 16.6. The molecule has 0 aliphatic carbocycles. The Hall–Kier alpha value is -2.84. The van der Waals surface area contributed by atoms with Gasteiger partial charge in [0.05, 0.1) is 4.92 Å². The maximum absolute atomic E-state index is 10.5. The van der Waals surface area contributed by atoms with E-state index in [1.165, 1.54) is 12.1 Å². The number of hydrogen-bond donors (Lipinski definition) is 5. The molecule has 0 aliphatic heterocycles. The van der Waals surface area contributed by atoms with Gasteiger partial charge in [-0.25, -0.2) is 4.79 Å². The van der Waals surface area contributed by atoms with Crippen molar-refractivity contribution in [2.75, 3.05) is 5.32 Å². The molecule has 17 heavy (non-hydrogen) atoms. The summed E-state index contributed by atoms with van der Waals surface area (Å²) in [4.78, 5) is 18.5. The van der Waals surface area contributed by atoms with E-state index in [2.05, 4.69) is 5.32 Å². The fraction of sp³-hybridized carbons (Fsp3) is 0. The third-order valence-electron chi connectivity index (χ3n) is 1.37. The Bertz CT molecular complexity index is 430. The number of guanidine groups is 1. The molecule has 0 aromatic heterocycles. The van der Waals surface area contributed by atoms with Crippen LogP contribution in [0.4, 0.5) is 16.2 Å². The summed E-state index contributed by atoms with van der Waals surface area (Å²) >= 11 is 0. The van der Waals surface area contributed by atoms with Gasteiger partial charge in [0.25, 0.3) is 5.69 Å². The molecule has 9 nitrogen and oxygen atoms in total. The number of carbonyl (C=O) groups is 1. The lowest BCUT2D eigenvalue weighted by molar-refractivity contribution is -0.383. The van der Waals surface area contributed by atoms with E-state index in [0.29, 0.717) is 0 Å². The molecule has 0 fully saturated rings. The van der Waals surface area contributed by atoms with Crippen LogP contribution >= 0.6 is 0 Å². The Labute approximate surface area is 95.1 Å². The monoisotopic (exact) mass is 242 g/mol. The van der Waals surface area contributed by atoms with Crippen LogP contribution in [0.3, 0.4) is 0 Å². The van der Waals surface area contributed by atoms with Gasteiger partial charge in [-0.15, -0.1) is 0 Å². The van der Waals surface area contributed by atoms with E-state index in [4.69, 9.17) is 26.2 Å².